The Morgan fingerprint density at radius 3 is 2.93 bits per heavy atom. The van der Waals surface area contributed by atoms with Crippen molar-refractivity contribution in [1.29, 1.82) is 0 Å². The molecule has 0 radical (unpaired) electrons. The van der Waals surface area contributed by atoms with Gasteiger partial charge in [0.2, 0.25) is 0 Å². The van der Waals surface area contributed by atoms with Crippen LogP contribution >= 0.6 is 23.4 Å². The van der Waals surface area contributed by atoms with Crippen LogP contribution in [0.4, 0.5) is 14.6 Å². The summed E-state index contributed by atoms with van der Waals surface area (Å²) in [5.74, 6) is 2.05. The molecule has 0 spiro atoms. The maximum absolute atomic E-state index is 14.8. The van der Waals surface area contributed by atoms with Crippen LogP contribution in [0, 0.1) is 5.82 Å². The van der Waals surface area contributed by atoms with Gasteiger partial charge in [-0.25, -0.2) is 13.8 Å². The first kappa shape index (κ1) is 19.3. The lowest BCUT2D eigenvalue weighted by Crippen LogP contribution is -2.62. The van der Waals surface area contributed by atoms with Crippen LogP contribution in [0.5, 0.6) is 6.01 Å². The summed E-state index contributed by atoms with van der Waals surface area (Å²) in [6, 6.07) is 0.883. The molecule has 0 aromatic carbocycles. The SMILES string of the molecule is Fc1c(Cl)ncc2c(N3C4CSCC3C4)nc(OC[C@@]34CCCN3C[C@H](F)C4)nc12. The number of hydrogen-bond donors (Lipinski definition) is 0. The van der Waals surface area contributed by atoms with E-state index in [9.17, 15) is 8.78 Å². The zero-order valence-electron chi connectivity index (χ0n) is 16.4. The van der Waals surface area contributed by atoms with Crippen molar-refractivity contribution in [2.24, 2.45) is 0 Å². The molecular formula is C20H22ClF2N5OS. The first-order valence-electron chi connectivity index (χ1n) is 10.4. The molecule has 2 unspecified atom stereocenters. The summed E-state index contributed by atoms with van der Waals surface area (Å²) in [6.45, 7) is 1.65. The van der Waals surface area contributed by atoms with Crippen LogP contribution in [-0.2, 0) is 0 Å². The summed E-state index contributed by atoms with van der Waals surface area (Å²) in [6.07, 6.45) is 4.22. The van der Waals surface area contributed by atoms with E-state index in [1.165, 1.54) is 0 Å². The van der Waals surface area contributed by atoms with Crippen molar-refractivity contribution < 1.29 is 13.5 Å². The number of alkyl halides is 1. The van der Waals surface area contributed by atoms with Crippen molar-refractivity contribution in [1.82, 2.24) is 19.9 Å². The number of fused-ring (bicyclic) bond motifs is 4. The van der Waals surface area contributed by atoms with E-state index in [-0.39, 0.29) is 22.2 Å². The van der Waals surface area contributed by atoms with Gasteiger partial charge in [0.15, 0.2) is 11.0 Å². The molecule has 0 saturated carbocycles. The Labute approximate surface area is 182 Å². The molecule has 6 nitrogen and oxygen atoms in total. The Hall–Kier alpha value is -1.45. The van der Waals surface area contributed by atoms with Gasteiger partial charge >= 0.3 is 6.01 Å². The number of hydrogen-bond acceptors (Lipinski definition) is 7. The second-order valence-corrected chi connectivity index (χ2v) is 10.2. The van der Waals surface area contributed by atoms with E-state index in [0.717, 1.165) is 37.3 Å². The number of halogens is 3. The number of nitrogens with zero attached hydrogens (tertiary/aromatic N) is 5. The largest absolute Gasteiger partial charge is 0.461 e. The van der Waals surface area contributed by atoms with Gasteiger partial charge in [-0.3, -0.25) is 4.90 Å². The average molecular weight is 454 g/mol. The number of thioether (sulfide) groups is 1. The molecule has 4 fully saturated rings. The van der Waals surface area contributed by atoms with Crippen LogP contribution in [0.15, 0.2) is 6.20 Å². The second-order valence-electron chi connectivity index (χ2n) is 8.81. The summed E-state index contributed by atoms with van der Waals surface area (Å²) in [5, 5.41) is 0.338. The normalized spacial score (nSPS) is 33.0. The van der Waals surface area contributed by atoms with Crippen LogP contribution in [0.1, 0.15) is 25.7 Å². The Morgan fingerprint density at radius 1 is 1.30 bits per heavy atom. The molecule has 2 aromatic rings. The average Bonchev–Trinajstić information content (AvgIpc) is 3.25. The third-order valence-corrected chi connectivity index (χ3v) is 8.53. The summed E-state index contributed by atoms with van der Waals surface area (Å²) in [7, 11) is 0. The molecule has 10 heteroatoms. The number of anilines is 1. The lowest BCUT2D eigenvalue weighted by atomic mass is 9.94. The molecule has 6 rings (SSSR count). The van der Waals surface area contributed by atoms with Crippen molar-refractivity contribution in [3.63, 3.8) is 0 Å². The minimum atomic E-state index is -0.831. The van der Waals surface area contributed by atoms with Gasteiger partial charge in [0.25, 0.3) is 0 Å². The maximum atomic E-state index is 14.8. The number of ether oxygens (including phenoxy) is 1. The molecule has 160 valence electrons. The van der Waals surface area contributed by atoms with Crippen LogP contribution < -0.4 is 9.64 Å². The summed E-state index contributed by atoms with van der Waals surface area (Å²) < 4.78 is 34.9. The quantitative estimate of drug-likeness (QED) is 0.657. The topological polar surface area (TPSA) is 54.4 Å². The Bertz CT molecular complexity index is 1000. The summed E-state index contributed by atoms with van der Waals surface area (Å²) in [4.78, 5) is 17.4. The van der Waals surface area contributed by atoms with Crippen molar-refractivity contribution >= 4 is 40.1 Å². The second kappa shape index (κ2) is 7.03. The van der Waals surface area contributed by atoms with Crippen LogP contribution in [0.2, 0.25) is 5.15 Å². The molecule has 6 heterocycles. The van der Waals surface area contributed by atoms with Crippen molar-refractivity contribution in [3.05, 3.63) is 17.2 Å². The maximum Gasteiger partial charge on any atom is 0.319 e. The van der Waals surface area contributed by atoms with E-state index >= 15 is 0 Å². The minimum Gasteiger partial charge on any atom is -0.461 e. The molecule has 2 aromatic heterocycles. The Kier molecular flexibility index (Phi) is 4.51. The van der Waals surface area contributed by atoms with E-state index in [0.29, 0.717) is 42.9 Å². The molecule has 0 amide bonds. The van der Waals surface area contributed by atoms with E-state index in [1.54, 1.807) is 6.20 Å². The first-order chi connectivity index (χ1) is 14.5. The molecule has 0 aliphatic carbocycles. The summed E-state index contributed by atoms with van der Waals surface area (Å²) in [5.41, 5.74) is -0.181. The number of rotatable bonds is 4. The lowest BCUT2D eigenvalue weighted by molar-refractivity contribution is 0.107. The van der Waals surface area contributed by atoms with Gasteiger partial charge in [0, 0.05) is 42.8 Å². The number of pyridine rings is 1. The van der Waals surface area contributed by atoms with Gasteiger partial charge in [0.05, 0.1) is 10.9 Å². The van der Waals surface area contributed by atoms with Gasteiger partial charge in [0.1, 0.15) is 24.1 Å². The molecule has 30 heavy (non-hydrogen) atoms. The highest BCUT2D eigenvalue weighted by Gasteiger charge is 2.49. The molecule has 2 bridgehead atoms. The summed E-state index contributed by atoms with van der Waals surface area (Å²) >= 11 is 7.87. The van der Waals surface area contributed by atoms with Gasteiger partial charge < -0.3 is 9.64 Å². The van der Waals surface area contributed by atoms with E-state index in [4.69, 9.17) is 16.3 Å². The monoisotopic (exact) mass is 453 g/mol. The molecule has 4 atom stereocenters. The fourth-order valence-corrected chi connectivity index (χ4v) is 7.00. The van der Waals surface area contributed by atoms with Gasteiger partial charge in [-0.05, 0) is 25.8 Å². The Balaban J connectivity index is 1.37. The predicted molar refractivity (Wildman–Crippen MR) is 113 cm³/mol. The Morgan fingerprint density at radius 2 is 2.13 bits per heavy atom. The highest BCUT2D eigenvalue weighted by atomic mass is 35.5. The highest BCUT2D eigenvalue weighted by molar-refractivity contribution is 7.99. The minimum absolute atomic E-state index is 0.125. The van der Waals surface area contributed by atoms with Crippen molar-refractivity contribution in [3.8, 4) is 6.01 Å². The molecule has 4 saturated heterocycles. The predicted octanol–water partition coefficient (Wildman–Crippen LogP) is 3.47. The molecule has 4 aliphatic heterocycles. The third kappa shape index (κ3) is 2.88. The zero-order valence-corrected chi connectivity index (χ0v) is 17.9. The highest BCUT2D eigenvalue weighted by Crippen LogP contribution is 2.43. The standard InChI is InChI=1S/C20H22ClF2N5OS/c21-17-15(23)16-14(6-24-17)18(28-12-4-13(28)9-30-8-12)26-19(25-16)29-10-20-2-1-3-27(20)7-11(22)5-20/h6,11-13H,1-5,7-10H2/t11-,12?,13?,20+/m1/s1. The van der Waals surface area contributed by atoms with Gasteiger partial charge in [-0.1, -0.05) is 11.6 Å². The van der Waals surface area contributed by atoms with Crippen molar-refractivity contribution in [2.75, 3.05) is 36.1 Å². The smallest absolute Gasteiger partial charge is 0.319 e. The lowest BCUT2D eigenvalue weighted by Gasteiger charge is -2.53. The van der Waals surface area contributed by atoms with Gasteiger partial charge in [-0.15, -0.1) is 0 Å². The fraction of sp³-hybridized carbons (Fsp3) is 0.650. The van der Waals surface area contributed by atoms with Crippen molar-refractivity contribution in [2.45, 2.75) is 49.5 Å². The first-order valence-corrected chi connectivity index (χ1v) is 12.0. The molecule has 0 N–H and O–H groups in total. The van der Waals surface area contributed by atoms with Crippen LogP contribution in [0.3, 0.4) is 0 Å². The third-order valence-electron chi connectivity index (χ3n) is 7.03. The van der Waals surface area contributed by atoms with E-state index in [1.807, 2.05) is 11.8 Å². The van der Waals surface area contributed by atoms with Crippen LogP contribution in [0.25, 0.3) is 10.9 Å². The van der Waals surface area contributed by atoms with Gasteiger partial charge in [-0.2, -0.15) is 21.7 Å². The van der Waals surface area contributed by atoms with Crippen LogP contribution in [-0.4, -0.2) is 74.8 Å². The number of aromatic nitrogens is 3. The molecular weight excluding hydrogens is 432 g/mol. The fourth-order valence-electron chi connectivity index (χ4n) is 5.59. The molecule has 4 aliphatic rings. The zero-order chi connectivity index (χ0) is 20.5. The van der Waals surface area contributed by atoms with E-state index in [2.05, 4.69) is 24.8 Å². The van der Waals surface area contributed by atoms with E-state index < -0.39 is 12.0 Å².